The van der Waals surface area contributed by atoms with Crippen molar-refractivity contribution in [1.82, 2.24) is 9.38 Å². The summed E-state index contributed by atoms with van der Waals surface area (Å²) >= 11 is 0. The van der Waals surface area contributed by atoms with Crippen molar-refractivity contribution >= 4 is 17.2 Å². The molecular weight excluding hydrogens is 382 g/mol. The lowest BCUT2D eigenvalue weighted by molar-refractivity contribution is -0.116. The molecule has 0 spiro atoms. The molecule has 2 heterocycles. The molecule has 3 aromatic rings. The number of nitrogens with one attached hydrogen (secondary N) is 1. The Morgan fingerprint density at radius 3 is 2.29 bits per heavy atom. The Morgan fingerprint density at radius 1 is 0.871 bits per heavy atom. The van der Waals surface area contributed by atoms with E-state index < -0.39 is 0 Å². The van der Waals surface area contributed by atoms with Gasteiger partial charge in [-0.3, -0.25) is 4.79 Å². The van der Waals surface area contributed by atoms with Gasteiger partial charge in [0, 0.05) is 30.1 Å². The molecule has 0 atom stereocenters. The zero-order valence-corrected chi connectivity index (χ0v) is 19.0. The number of fused-ring (bicyclic) bond motifs is 1. The van der Waals surface area contributed by atoms with Crippen LogP contribution in [0.25, 0.3) is 16.9 Å². The van der Waals surface area contributed by atoms with Crippen LogP contribution in [0.5, 0.6) is 0 Å². The summed E-state index contributed by atoms with van der Waals surface area (Å²) in [5.74, 6) is 0.100. The molecule has 1 amide bonds. The van der Waals surface area contributed by atoms with Crippen LogP contribution >= 0.6 is 0 Å². The topological polar surface area (TPSA) is 46.4 Å². The molecule has 0 saturated heterocycles. The summed E-state index contributed by atoms with van der Waals surface area (Å²) in [6, 6.07) is 13.9. The SMILES string of the molecule is CCCCCCCCCCCCCC(=O)Nc1cccc(-c2cn3ccccc3n2)c1. The molecule has 2 aromatic heterocycles. The van der Waals surface area contributed by atoms with E-state index in [1.54, 1.807) is 0 Å². The Kier molecular flexibility index (Phi) is 9.62. The maximum atomic E-state index is 12.3. The van der Waals surface area contributed by atoms with E-state index >= 15 is 0 Å². The van der Waals surface area contributed by atoms with Crippen LogP contribution in [0.4, 0.5) is 5.69 Å². The Balaban J connectivity index is 1.33. The summed E-state index contributed by atoms with van der Waals surface area (Å²) in [4.78, 5) is 17.0. The number of amides is 1. The van der Waals surface area contributed by atoms with Crippen LogP contribution in [-0.2, 0) is 4.79 Å². The highest BCUT2D eigenvalue weighted by atomic mass is 16.1. The molecule has 0 aliphatic heterocycles. The van der Waals surface area contributed by atoms with Crippen molar-refractivity contribution in [2.75, 3.05) is 5.32 Å². The van der Waals surface area contributed by atoms with Gasteiger partial charge in [0.25, 0.3) is 0 Å². The highest BCUT2D eigenvalue weighted by molar-refractivity contribution is 5.91. The fraction of sp³-hybridized carbons (Fsp3) is 0.481. The van der Waals surface area contributed by atoms with Crippen molar-refractivity contribution in [3.8, 4) is 11.3 Å². The standard InChI is InChI=1S/C27H37N3O/c1-2-3-4-5-6-7-8-9-10-11-12-19-27(31)28-24-17-15-16-23(21-24)25-22-30-20-14-13-18-26(30)29-25/h13-18,20-22H,2-12,19H2,1H3,(H,28,31). The number of hydrogen-bond acceptors (Lipinski definition) is 2. The minimum atomic E-state index is 0.100. The molecular formula is C27H37N3O. The number of aromatic nitrogens is 2. The first kappa shape index (κ1) is 23.1. The largest absolute Gasteiger partial charge is 0.326 e. The Labute approximate surface area is 187 Å². The van der Waals surface area contributed by atoms with Crippen molar-refractivity contribution in [2.24, 2.45) is 0 Å². The van der Waals surface area contributed by atoms with E-state index in [0.717, 1.165) is 35.4 Å². The normalized spacial score (nSPS) is 11.1. The van der Waals surface area contributed by atoms with Gasteiger partial charge in [0.1, 0.15) is 5.65 Å². The van der Waals surface area contributed by atoms with Crippen LogP contribution in [0, 0.1) is 0 Å². The average Bonchev–Trinajstić information content (AvgIpc) is 3.22. The molecule has 0 saturated carbocycles. The van der Waals surface area contributed by atoms with Crippen LogP contribution < -0.4 is 5.32 Å². The van der Waals surface area contributed by atoms with E-state index in [-0.39, 0.29) is 5.91 Å². The number of anilines is 1. The fourth-order valence-electron chi connectivity index (χ4n) is 4.00. The van der Waals surface area contributed by atoms with E-state index in [1.165, 1.54) is 57.8 Å². The van der Waals surface area contributed by atoms with Gasteiger partial charge in [-0.15, -0.1) is 0 Å². The van der Waals surface area contributed by atoms with Gasteiger partial charge in [-0.2, -0.15) is 0 Å². The molecule has 0 unspecified atom stereocenters. The molecule has 31 heavy (non-hydrogen) atoms. The molecule has 4 nitrogen and oxygen atoms in total. The molecule has 0 fully saturated rings. The lowest BCUT2D eigenvalue weighted by Gasteiger charge is -2.07. The molecule has 1 N–H and O–H groups in total. The van der Waals surface area contributed by atoms with E-state index in [2.05, 4.69) is 17.2 Å². The molecule has 4 heteroatoms. The molecule has 0 radical (unpaired) electrons. The molecule has 0 aliphatic rings. The highest BCUT2D eigenvalue weighted by Gasteiger charge is 2.07. The lowest BCUT2D eigenvalue weighted by atomic mass is 10.1. The number of carbonyl (C=O) groups is 1. The number of carbonyl (C=O) groups excluding carboxylic acids is 1. The average molecular weight is 420 g/mol. The summed E-state index contributed by atoms with van der Waals surface area (Å²) in [6.07, 6.45) is 18.8. The monoisotopic (exact) mass is 419 g/mol. The third-order valence-corrected chi connectivity index (χ3v) is 5.81. The van der Waals surface area contributed by atoms with Gasteiger partial charge >= 0.3 is 0 Å². The maximum Gasteiger partial charge on any atom is 0.224 e. The summed E-state index contributed by atoms with van der Waals surface area (Å²) in [7, 11) is 0. The highest BCUT2D eigenvalue weighted by Crippen LogP contribution is 2.22. The lowest BCUT2D eigenvalue weighted by Crippen LogP contribution is -2.11. The van der Waals surface area contributed by atoms with Gasteiger partial charge < -0.3 is 9.72 Å². The van der Waals surface area contributed by atoms with E-state index in [9.17, 15) is 4.79 Å². The van der Waals surface area contributed by atoms with Crippen LogP contribution in [0.15, 0.2) is 54.9 Å². The summed E-state index contributed by atoms with van der Waals surface area (Å²) in [5, 5.41) is 3.05. The third-order valence-electron chi connectivity index (χ3n) is 5.81. The second-order valence-corrected chi connectivity index (χ2v) is 8.51. The number of benzene rings is 1. The first-order chi connectivity index (χ1) is 15.3. The summed E-state index contributed by atoms with van der Waals surface area (Å²) < 4.78 is 2.01. The number of hydrogen-bond donors (Lipinski definition) is 1. The van der Waals surface area contributed by atoms with Crippen LogP contribution in [-0.4, -0.2) is 15.3 Å². The Hall–Kier alpha value is -2.62. The molecule has 0 bridgehead atoms. The molecule has 3 rings (SSSR count). The van der Waals surface area contributed by atoms with Crippen molar-refractivity contribution in [2.45, 2.75) is 84.0 Å². The Bertz CT molecular complexity index is 898. The quantitative estimate of drug-likeness (QED) is 0.273. The Morgan fingerprint density at radius 2 is 1.58 bits per heavy atom. The number of imidazole rings is 1. The predicted octanol–water partition coefficient (Wildman–Crippen LogP) is 7.64. The fourth-order valence-corrected chi connectivity index (χ4v) is 4.00. The first-order valence-electron chi connectivity index (χ1n) is 12.1. The van der Waals surface area contributed by atoms with Gasteiger partial charge in [0.2, 0.25) is 5.91 Å². The number of unbranched alkanes of at least 4 members (excludes halogenated alkanes) is 10. The molecule has 166 valence electrons. The third kappa shape index (κ3) is 7.86. The van der Waals surface area contributed by atoms with Gasteiger partial charge in [0.05, 0.1) is 5.69 Å². The van der Waals surface area contributed by atoms with E-state index in [0.29, 0.717) is 6.42 Å². The minimum Gasteiger partial charge on any atom is -0.326 e. The number of nitrogens with zero attached hydrogens (tertiary/aromatic N) is 2. The summed E-state index contributed by atoms with van der Waals surface area (Å²) in [6.45, 7) is 2.26. The smallest absolute Gasteiger partial charge is 0.224 e. The van der Waals surface area contributed by atoms with Gasteiger partial charge in [-0.1, -0.05) is 89.3 Å². The summed E-state index contributed by atoms with van der Waals surface area (Å²) in [5.41, 5.74) is 3.68. The van der Waals surface area contributed by atoms with Crippen molar-refractivity contribution in [3.05, 3.63) is 54.9 Å². The van der Waals surface area contributed by atoms with Gasteiger partial charge in [-0.25, -0.2) is 4.98 Å². The minimum absolute atomic E-state index is 0.100. The van der Waals surface area contributed by atoms with Crippen molar-refractivity contribution in [1.29, 1.82) is 0 Å². The number of rotatable bonds is 14. The second kappa shape index (κ2) is 12.9. The van der Waals surface area contributed by atoms with E-state index in [1.807, 2.05) is 59.3 Å². The molecule has 0 aliphatic carbocycles. The van der Waals surface area contributed by atoms with Crippen LogP contribution in [0.2, 0.25) is 0 Å². The second-order valence-electron chi connectivity index (χ2n) is 8.51. The predicted molar refractivity (Wildman–Crippen MR) is 130 cm³/mol. The van der Waals surface area contributed by atoms with E-state index in [4.69, 9.17) is 0 Å². The van der Waals surface area contributed by atoms with Gasteiger partial charge in [0.15, 0.2) is 0 Å². The van der Waals surface area contributed by atoms with Gasteiger partial charge in [-0.05, 0) is 30.7 Å². The van der Waals surface area contributed by atoms with Crippen molar-refractivity contribution in [3.63, 3.8) is 0 Å². The van der Waals surface area contributed by atoms with Crippen molar-refractivity contribution < 1.29 is 4.79 Å². The van der Waals surface area contributed by atoms with Crippen LogP contribution in [0.1, 0.15) is 84.0 Å². The maximum absolute atomic E-state index is 12.3. The van der Waals surface area contributed by atoms with Crippen LogP contribution in [0.3, 0.4) is 0 Å². The molecule has 1 aromatic carbocycles. The zero-order chi connectivity index (χ0) is 21.7. The zero-order valence-electron chi connectivity index (χ0n) is 19.0. The first-order valence-corrected chi connectivity index (χ1v) is 12.1. The number of pyridine rings is 1.